The Balaban J connectivity index is 2.15. The Morgan fingerprint density at radius 1 is 0.929 bits per heavy atom. The molecule has 2 aromatic carbocycles. The minimum Gasteiger partial charge on any atom is -0.425 e. The summed E-state index contributed by atoms with van der Waals surface area (Å²) in [5, 5.41) is 11.7. The Bertz CT molecular complexity index is 1280. The van der Waals surface area contributed by atoms with Crippen LogP contribution in [0.1, 0.15) is 0 Å². The van der Waals surface area contributed by atoms with Crippen molar-refractivity contribution < 1.29 is 9.60 Å². The fourth-order valence-electron chi connectivity index (χ4n) is 3.10. The molecule has 0 aliphatic heterocycles. The molecule has 0 unspecified atom stereocenters. The molecule has 140 valence electrons. The monoisotopic (exact) mass is 434 g/mol. The first-order valence-corrected chi connectivity index (χ1v) is 9.15. The number of hydrogen-bond donors (Lipinski definition) is 1. The molecule has 0 saturated heterocycles. The van der Waals surface area contributed by atoms with Gasteiger partial charge < -0.3 is 5.21 Å². The summed E-state index contributed by atoms with van der Waals surface area (Å²) in [7, 11) is 0. The lowest BCUT2D eigenvalue weighted by molar-refractivity contribution is 0.189. The van der Waals surface area contributed by atoms with Crippen molar-refractivity contribution in [2.45, 2.75) is 0 Å². The highest BCUT2D eigenvalue weighted by Gasteiger charge is 2.20. The van der Waals surface area contributed by atoms with E-state index in [9.17, 15) is 14.4 Å². The Hall–Kier alpha value is -2.60. The highest BCUT2D eigenvalue weighted by atomic mass is 35.5. The van der Waals surface area contributed by atoms with Crippen LogP contribution in [0.5, 0.6) is 0 Å². The van der Waals surface area contributed by atoms with Crippen LogP contribution in [0.4, 0.5) is 4.39 Å². The average Bonchev–Trinajstić information content (AvgIpc) is 2.65. The quantitative estimate of drug-likeness (QED) is 0.389. The van der Waals surface area contributed by atoms with E-state index >= 15 is 0 Å². The minimum atomic E-state index is -0.708. The zero-order chi connectivity index (χ0) is 20.0. The summed E-state index contributed by atoms with van der Waals surface area (Å²) < 4.78 is 13.9. The third-order valence-electron chi connectivity index (χ3n) is 4.32. The van der Waals surface area contributed by atoms with Gasteiger partial charge in [0.15, 0.2) is 0 Å². The van der Waals surface area contributed by atoms with Gasteiger partial charge in [0.05, 0.1) is 15.1 Å². The van der Waals surface area contributed by atoms with E-state index in [1.807, 2.05) is 0 Å². The van der Waals surface area contributed by atoms with Gasteiger partial charge in [-0.05, 0) is 42.0 Å². The van der Waals surface area contributed by atoms with E-state index in [1.165, 1.54) is 24.4 Å². The molecular weight excluding hydrogens is 426 g/mol. The van der Waals surface area contributed by atoms with Gasteiger partial charge in [-0.15, -0.1) is 4.73 Å². The molecule has 2 heterocycles. The second-order valence-corrected chi connectivity index (χ2v) is 7.21. The molecule has 0 bridgehead atoms. The van der Waals surface area contributed by atoms with E-state index in [0.717, 1.165) is 6.07 Å². The Kier molecular flexibility index (Phi) is 4.75. The molecule has 4 nitrogen and oxygen atoms in total. The number of hydrogen-bond acceptors (Lipinski definition) is 3. The number of fused-ring (bicyclic) bond motifs is 1. The van der Waals surface area contributed by atoms with Gasteiger partial charge in [0.1, 0.15) is 17.0 Å². The SMILES string of the molecule is O=c1cc(-c2ccc(F)cc2Cl)c2ccnc(-c3c(Cl)cccc3Cl)c2n1O. The van der Waals surface area contributed by atoms with Gasteiger partial charge in [0.25, 0.3) is 5.56 Å². The second-order valence-electron chi connectivity index (χ2n) is 5.98. The van der Waals surface area contributed by atoms with Crippen LogP contribution < -0.4 is 5.56 Å². The summed E-state index contributed by atoms with van der Waals surface area (Å²) in [6.45, 7) is 0. The highest BCUT2D eigenvalue weighted by molar-refractivity contribution is 6.39. The number of halogens is 4. The fraction of sp³-hybridized carbons (Fsp3) is 0. The normalized spacial score (nSPS) is 11.1. The van der Waals surface area contributed by atoms with Crippen molar-refractivity contribution in [2.75, 3.05) is 0 Å². The predicted molar refractivity (Wildman–Crippen MR) is 109 cm³/mol. The topological polar surface area (TPSA) is 55.1 Å². The molecule has 0 spiro atoms. The molecule has 4 rings (SSSR count). The Morgan fingerprint density at radius 2 is 1.64 bits per heavy atom. The van der Waals surface area contributed by atoms with Crippen LogP contribution in [-0.4, -0.2) is 14.9 Å². The molecule has 2 aromatic heterocycles. The smallest absolute Gasteiger partial charge is 0.284 e. The van der Waals surface area contributed by atoms with Crippen molar-refractivity contribution in [2.24, 2.45) is 0 Å². The largest absolute Gasteiger partial charge is 0.425 e. The maximum atomic E-state index is 13.5. The summed E-state index contributed by atoms with van der Waals surface area (Å²) in [6.07, 6.45) is 1.50. The number of aromatic nitrogens is 2. The number of nitrogens with zero attached hydrogens (tertiary/aromatic N) is 2. The van der Waals surface area contributed by atoms with E-state index in [1.54, 1.807) is 24.3 Å². The first kappa shape index (κ1) is 18.7. The number of rotatable bonds is 2. The lowest BCUT2D eigenvalue weighted by Gasteiger charge is -2.14. The highest BCUT2D eigenvalue weighted by Crippen LogP contribution is 2.39. The molecular formula is C20H10Cl3FN2O2. The third kappa shape index (κ3) is 3.02. The first-order chi connectivity index (χ1) is 13.4. The van der Waals surface area contributed by atoms with Gasteiger partial charge in [0.2, 0.25) is 0 Å². The number of benzene rings is 2. The van der Waals surface area contributed by atoms with E-state index in [0.29, 0.717) is 36.9 Å². The van der Waals surface area contributed by atoms with Gasteiger partial charge in [-0.25, -0.2) is 4.39 Å². The van der Waals surface area contributed by atoms with Crippen LogP contribution in [0.25, 0.3) is 33.3 Å². The molecule has 0 saturated carbocycles. The molecule has 0 radical (unpaired) electrons. The van der Waals surface area contributed by atoms with Gasteiger partial charge in [-0.1, -0.05) is 40.9 Å². The van der Waals surface area contributed by atoms with Gasteiger partial charge in [-0.3, -0.25) is 9.78 Å². The van der Waals surface area contributed by atoms with Crippen LogP contribution in [0, 0.1) is 5.82 Å². The third-order valence-corrected chi connectivity index (χ3v) is 5.27. The van der Waals surface area contributed by atoms with Crippen molar-refractivity contribution in [1.29, 1.82) is 0 Å². The van der Waals surface area contributed by atoms with Gasteiger partial charge in [-0.2, -0.15) is 0 Å². The zero-order valence-electron chi connectivity index (χ0n) is 14.0. The molecule has 0 atom stereocenters. The van der Waals surface area contributed by atoms with Crippen LogP contribution in [-0.2, 0) is 0 Å². The van der Waals surface area contributed by atoms with Gasteiger partial charge >= 0.3 is 0 Å². The summed E-state index contributed by atoms with van der Waals surface area (Å²) in [6, 6.07) is 11.6. The van der Waals surface area contributed by atoms with Crippen LogP contribution >= 0.6 is 34.8 Å². The maximum absolute atomic E-state index is 13.5. The summed E-state index contributed by atoms with van der Waals surface area (Å²) in [5.74, 6) is -0.501. The minimum absolute atomic E-state index is 0.111. The van der Waals surface area contributed by atoms with Gasteiger partial charge in [0, 0.05) is 28.8 Å². The maximum Gasteiger partial charge on any atom is 0.284 e. The van der Waals surface area contributed by atoms with Crippen molar-refractivity contribution in [3.05, 3.63) is 86.0 Å². The van der Waals surface area contributed by atoms with Crippen molar-refractivity contribution in [1.82, 2.24) is 9.71 Å². The van der Waals surface area contributed by atoms with Crippen LogP contribution in [0.15, 0.2) is 59.5 Å². The molecule has 4 aromatic rings. The lowest BCUT2D eigenvalue weighted by atomic mass is 9.99. The fourth-order valence-corrected chi connectivity index (χ4v) is 3.94. The molecule has 1 N–H and O–H groups in total. The van der Waals surface area contributed by atoms with Crippen molar-refractivity contribution in [3.8, 4) is 22.4 Å². The van der Waals surface area contributed by atoms with Crippen LogP contribution in [0.3, 0.4) is 0 Å². The average molecular weight is 436 g/mol. The molecule has 0 aliphatic rings. The van der Waals surface area contributed by atoms with E-state index < -0.39 is 11.4 Å². The molecule has 0 fully saturated rings. The lowest BCUT2D eigenvalue weighted by Crippen LogP contribution is -2.18. The molecule has 0 amide bonds. The predicted octanol–water partition coefficient (Wildman–Crippen LogP) is 6.07. The number of pyridine rings is 2. The second kappa shape index (κ2) is 7.09. The summed E-state index contributed by atoms with van der Waals surface area (Å²) in [5.41, 5.74) is 0.866. The van der Waals surface area contributed by atoms with Crippen molar-refractivity contribution >= 4 is 45.7 Å². The molecule has 28 heavy (non-hydrogen) atoms. The summed E-state index contributed by atoms with van der Waals surface area (Å²) in [4.78, 5) is 16.8. The first-order valence-electron chi connectivity index (χ1n) is 8.02. The Morgan fingerprint density at radius 3 is 2.32 bits per heavy atom. The van der Waals surface area contributed by atoms with Crippen LogP contribution in [0.2, 0.25) is 15.1 Å². The van der Waals surface area contributed by atoms with E-state index in [2.05, 4.69) is 4.98 Å². The molecule has 8 heteroatoms. The molecule has 0 aliphatic carbocycles. The standard InChI is InChI=1S/C20H10Cl3FN2O2/c21-14-2-1-3-15(22)18(14)19-20-12(6-7-25-19)13(9-17(27)26(20)28)11-5-4-10(24)8-16(11)23/h1-9,28H. The van der Waals surface area contributed by atoms with Crippen molar-refractivity contribution in [3.63, 3.8) is 0 Å². The zero-order valence-corrected chi connectivity index (χ0v) is 16.2. The Labute approximate surface area is 173 Å². The summed E-state index contributed by atoms with van der Waals surface area (Å²) >= 11 is 18.8. The van der Waals surface area contributed by atoms with E-state index in [4.69, 9.17) is 34.8 Å². The van der Waals surface area contributed by atoms with E-state index in [-0.39, 0.29) is 16.2 Å².